The molecule has 1 atom stereocenters. The van der Waals surface area contributed by atoms with Crippen LogP contribution < -0.4 is 0 Å². The summed E-state index contributed by atoms with van der Waals surface area (Å²) in [4.78, 5) is 0. The van der Waals surface area contributed by atoms with Gasteiger partial charge >= 0.3 is 16.0 Å². The summed E-state index contributed by atoms with van der Waals surface area (Å²) in [5.74, 6) is 0. The Bertz CT molecular complexity index is 163. The zero-order chi connectivity index (χ0) is 10.2. The number of hydrogen-bond donors (Lipinski definition) is 0. The molecule has 0 aromatic rings. The van der Waals surface area contributed by atoms with Gasteiger partial charge in [-0.05, 0) is 22.6 Å². The molecule has 0 rings (SSSR count). The normalized spacial score (nSPS) is 19.0. The van der Waals surface area contributed by atoms with Crippen molar-refractivity contribution in [3.63, 3.8) is 0 Å². The van der Waals surface area contributed by atoms with Crippen LogP contribution in [0.1, 0.15) is 0 Å². The molecule has 0 radical (unpaired) electrons. The number of alkyl halides is 7. The molecule has 0 aliphatic carbocycles. The summed E-state index contributed by atoms with van der Waals surface area (Å²) in [5, 5.41) is 0. The largest absolute Gasteiger partial charge is 0.440 e. The van der Waals surface area contributed by atoms with Gasteiger partial charge in [-0.1, -0.05) is 0 Å². The molecule has 0 aliphatic rings. The van der Waals surface area contributed by atoms with E-state index in [9.17, 15) is 26.3 Å². The van der Waals surface area contributed by atoms with Gasteiger partial charge in [0.25, 0.3) is 0 Å². The molecule has 0 aliphatic heterocycles. The zero-order valence-corrected chi connectivity index (χ0v) is 7.71. The lowest BCUT2D eigenvalue weighted by atomic mass is 10.3. The van der Waals surface area contributed by atoms with E-state index in [4.69, 9.17) is 0 Å². The van der Waals surface area contributed by atoms with Gasteiger partial charge in [0.05, 0.1) is 0 Å². The second-order valence-corrected chi connectivity index (χ2v) is 3.28. The second kappa shape index (κ2) is 3.20. The van der Waals surface area contributed by atoms with Crippen LogP contribution in [0.2, 0.25) is 0 Å². The molecule has 0 spiro atoms. The van der Waals surface area contributed by atoms with Crippen LogP contribution in [0.15, 0.2) is 0 Å². The van der Waals surface area contributed by atoms with Gasteiger partial charge in [0.15, 0.2) is 0 Å². The van der Waals surface area contributed by atoms with Gasteiger partial charge in [0.1, 0.15) is 0 Å². The molecule has 0 amide bonds. The molecule has 0 fully saturated rings. The van der Waals surface area contributed by atoms with E-state index in [1.165, 1.54) is 0 Å². The number of rotatable bonds is 2. The highest BCUT2D eigenvalue weighted by atomic mass is 127. The highest BCUT2D eigenvalue weighted by molar-refractivity contribution is 14.1. The third-order valence-corrected chi connectivity index (χ3v) is 2.22. The minimum Gasteiger partial charge on any atom is -0.320 e. The Morgan fingerprint density at radius 3 is 1.42 bits per heavy atom. The fourth-order valence-electron chi connectivity index (χ4n) is 0.293. The lowest BCUT2D eigenvalue weighted by molar-refractivity contribution is -0.334. The summed E-state index contributed by atoms with van der Waals surface area (Å²) in [6.07, 6.45) is -10.6. The SMILES string of the molecule is COC(F)(F)C(F)(I)C(F)(F)F. The molecule has 0 heterocycles. The maximum absolute atomic E-state index is 12.4. The van der Waals surface area contributed by atoms with Gasteiger partial charge in [-0.15, -0.1) is 0 Å². The minimum absolute atomic E-state index is 0.0414. The second-order valence-electron chi connectivity index (χ2n) is 1.79. The molecular formula is C4H3F6IO. The Balaban J connectivity index is 4.85. The number of methoxy groups -OCH3 is 1. The first-order valence-corrected chi connectivity index (χ1v) is 3.51. The summed E-state index contributed by atoms with van der Waals surface area (Å²) < 4.78 is 69.7. The van der Waals surface area contributed by atoms with E-state index >= 15 is 0 Å². The zero-order valence-electron chi connectivity index (χ0n) is 5.55. The smallest absolute Gasteiger partial charge is 0.320 e. The quantitative estimate of drug-likeness (QED) is 0.433. The van der Waals surface area contributed by atoms with E-state index in [1.54, 1.807) is 0 Å². The minimum atomic E-state index is -5.67. The lowest BCUT2D eigenvalue weighted by Crippen LogP contribution is -2.51. The highest BCUT2D eigenvalue weighted by Gasteiger charge is 2.71. The number of hydrogen-bond acceptors (Lipinski definition) is 1. The van der Waals surface area contributed by atoms with Gasteiger partial charge in [-0.2, -0.15) is 22.0 Å². The third-order valence-electron chi connectivity index (χ3n) is 0.978. The third kappa shape index (κ3) is 1.95. The van der Waals surface area contributed by atoms with E-state index in [1.807, 2.05) is 0 Å². The average Bonchev–Trinajstić information content (AvgIpc) is 1.85. The van der Waals surface area contributed by atoms with Crippen molar-refractivity contribution < 1.29 is 31.1 Å². The first kappa shape index (κ1) is 12.3. The van der Waals surface area contributed by atoms with Gasteiger partial charge in [0, 0.05) is 7.11 Å². The van der Waals surface area contributed by atoms with Crippen molar-refractivity contribution in [2.24, 2.45) is 0 Å². The first-order valence-electron chi connectivity index (χ1n) is 2.44. The van der Waals surface area contributed by atoms with E-state index in [0.717, 1.165) is 0 Å². The van der Waals surface area contributed by atoms with Crippen LogP contribution in [0.4, 0.5) is 26.3 Å². The van der Waals surface area contributed by atoms with Crippen molar-refractivity contribution in [3.8, 4) is 0 Å². The molecule has 74 valence electrons. The average molecular weight is 308 g/mol. The van der Waals surface area contributed by atoms with Crippen LogP contribution in [-0.2, 0) is 4.74 Å². The topological polar surface area (TPSA) is 9.23 Å². The molecule has 0 bridgehead atoms. The lowest BCUT2D eigenvalue weighted by Gasteiger charge is -2.28. The van der Waals surface area contributed by atoms with Crippen LogP contribution in [0.3, 0.4) is 0 Å². The summed E-state index contributed by atoms with van der Waals surface area (Å²) in [5.41, 5.74) is 0. The molecule has 12 heavy (non-hydrogen) atoms. The van der Waals surface area contributed by atoms with Crippen molar-refractivity contribution in [1.29, 1.82) is 0 Å². The number of ether oxygens (including phenoxy) is 1. The Morgan fingerprint density at radius 1 is 1.00 bits per heavy atom. The van der Waals surface area contributed by atoms with E-state index in [0.29, 0.717) is 7.11 Å². The highest BCUT2D eigenvalue weighted by Crippen LogP contribution is 2.50. The molecule has 0 aromatic heterocycles. The summed E-state index contributed by atoms with van der Waals surface area (Å²) in [6, 6.07) is 0. The molecule has 1 nitrogen and oxygen atoms in total. The fraction of sp³-hybridized carbons (Fsp3) is 1.00. The van der Waals surface area contributed by atoms with Crippen LogP contribution in [0.5, 0.6) is 0 Å². The monoisotopic (exact) mass is 308 g/mol. The van der Waals surface area contributed by atoms with Crippen LogP contribution in [0, 0.1) is 0 Å². The Hall–Kier alpha value is 0.270. The first-order chi connectivity index (χ1) is 5.06. The molecule has 0 saturated heterocycles. The maximum atomic E-state index is 12.4. The van der Waals surface area contributed by atoms with Crippen LogP contribution >= 0.6 is 22.6 Å². The van der Waals surface area contributed by atoms with Crippen molar-refractivity contribution in [2.75, 3.05) is 7.11 Å². The van der Waals surface area contributed by atoms with E-state index in [2.05, 4.69) is 4.74 Å². The number of halogens is 7. The maximum Gasteiger partial charge on any atom is 0.440 e. The molecule has 8 heteroatoms. The van der Waals surface area contributed by atoms with E-state index in [-0.39, 0.29) is 22.6 Å². The predicted octanol–water partition coefficient (Wildman–Crippen LogP) is 2.89. The fourth-order valence-corrected chi connectivity index (χ4v) is 0.513. The van der Waals surface area contributed by atoms with Crippen LogP contribution in [-0.4, -0.2) is 23.1 Å². The summed E-state index contributed by atoms with van der Waals surface area (Å²) >= 11 is -0.0414. The van der Waals surface area contributed by atoms with E-state index < -0.39 is 16.0 Å². The van der Waals surface area contributed by atoms with Crippen molar-refractivity contribution >= 4 is 22.6 Å². The summed E-state index contributed by atoms with van der Waals surface area (Å²) in [7, 11) is 0.290. The molecule has 0 N–H and O–H groups in total. The standard InChI is InChI=1S/C4H3F6IO/c1-12-4(9,10)2(5,11)3(6,7)8/h1H3. The Labute approximate surface area is 77.2 Å². The Morgan fingerprint density at radius 2 is 1.33 bits per heavy atom. The predicted molar refractivity (Wildman–Crippen MR) is 35.9 cm³/mol. The molecule has 0 aromatic carbocycles. The Kier molecular flexibility index (Phi) is 3.27. The summed E-state index contributed by atoms with van der Waals surface area (Å²) in [6.45, 7) is 0. The van der Waals surface area contributed by atoms with Crippen molar-refractivity contribution in [1.82, 2.24) is 0 Å². The van der Waals surface area contributed by atoms with Gasteiger partial charge in [-0.3, -0.25) is 0 Å². The molecular weight excluding hydrogens is 305 g/mol. The van der Waals surface area contributed by atoms with Gasteiger partial charge in [0.2, 0.25) is 0 Å². The van der Waals surface area contributed by atoms with Crippen LogP contribution in [0.25, 0.3) is 0 Å². The molecule has 0 saturated carbocycles. The van der Waals surface area contributed by atoms with Gasteiger partial charge in [-0.25, -0.2) is 4.39 Å². The van der Waals surface area contributed by atoms with Gasteiger partial charge < -0.3 is 4.74 Å². The van der Waals surface area contributed by atoms with Crippen molar-refractivity contribution in [3.05, 3.63) is 0 Å². The van der Waals surface area contributed by atoms with Crippen molar-refractivity contribution in [2.45, 2.75) is 16.0 Å². The molecule has 1 unspecified atom stereocenters.